The van der Waals surface area contributed by atoms with Gasteiger partial charge in [0, 0.05) is 11.7 Å². The van der Waals surface area contributed by atoms with Gasteiger partial charge in [-0.25, -0.2) is 0 Å². The van der Waals surface area contributed by atoms with Gasteiger partial charge in [0.05, 0.1) is 11.9 Å². The Balaban J connectivity index is 2.06. The normalized spacial score (nSPS) is 16.5. The number of aryl methyl sites for hydroxylation is 1. The Kier molecular flexibility index (Phi) is 1.53. The molecule has 0 radical (unpaired) electrons. The summed E-state index contributed by atoms with van der Waals surface area (Å²) in [6, 6.07) is 4.84. The minimum absolute atomic E-state index is 0.722. The third-order valence-corrected chi connectivity index (χ3v) is 1.86. The van der Waals surface area contributed by atoms with Crippen LogP contribution in [0.5, 0.6) is 0 Å². The van der Waals surface area contributed by atoms with Gasteiger partial charge in [-0.3, -0.25) is 4.98 Å². The first-order chi connectivity index (χ1) is 5.34. The maximum atomic E-state index is 4.20. The van der Waals surface area contributed by atoms with Gasteiger partial charge in [0.1, 0.15) is 0 Å². The lowest BCUT2D eigenvalue weighted by Crippen LogP contribution is -2.00. The summed E-state index contributed by atoms with van der Waals surface area (Å²) in [6.45, 7) is 2.00. The van der Waals surface area contributed by atoms with Crippen molar-refractivity contribution in [3.8, 4) is 0 Å². The van der Waals surface area contributed by atoms with Crippen molar-refractivity contribution < 1.29 is 0 Å². The van der Waals surface area contributed by atoms with E-state index >= 15 is 0 Å². The van der Waals surface area contributed by atoms with E-state index in [0.29, 0.717) is 0 Å². The van der Waals surface area contributed by atoms with Gasteiger partial charge in [-0.15, -0.1) is 0 Å². The van der Waals surface area contributed by atoms with Crippen LogP contribution in [0, 0.1) is 6.92 Å². The van der Waals surface area contributed by atoms with Gasteiger partial charge in [-0.2, -0.15) is 0 Å². The van der Waals surface area contributed by atoms with Crippen LogP contribution in [0.1, 0.15) is 18.5 Å². The van der Waals surface area contributed by atoms with Crippen LogP contribution < -0.4 is 5.32 Å². The van der Waals surface area contributed by atoms with Gasteiger partial charge in [0.15, 0.2) is 0 Å². The molecule has 1 N–H and O–H groups in total. The van der Waals surface area contributed by atoms with Gasteiger partial charge in [0.25, 0.3) is 0 Å². The minimum atomic E-state index is 0.722. The fourth-order valence-electron chi connectivity index (χ4n) is 1.02. The molecule has 1 fully saturated rings. The van der Waals surface area contributed by atoms with Crippen molar-refractivity contribution >= 4 is 5.69 Å². The predicted molar refractivity (Wildman–Crippen MR) is 45.6 cm³/mol. The molecule has 2 heteroatoms. The topological polar surface area (TPSA) is 24.9 Å². The average Bonchev–Trinajstić information content (AvgIpc) is 2.78. The Morgan fingerprint density at radius 3 is 2.82 bits per heavy atom. The van der Waals surface area contributed by atoms with Crippen LogP contribution in [0.3, 0.4) is 0 Å². The maximum absolute atomic E-state index is 4.20. The predicted octanol–water partition coefficient (Wildman–Crippen LogP) is 1.96. The third kappa shape index (κ3) is 1.70. The monoisotopic (exact) mass is 148 g/mol. The molecule has 1 heterocycles. The van der Waals surface area contributed by atoms with Crippen LogP contribution >= 0.6 is 0 Å². The summed E-state index contributed by atoms with van der Waals surface area (Å²) < 4.78 is 0. The van der Waals surface area contributed by atoms with Crippen LogP contribution in [-0.2, 0) is 0 Å². The summed E-state index contributed by atoms with van der Waals surface area (Å²) in [4.78, 5) is 4.20. The van der Waals surface area contributed by atoms with Crippen molar-refractivity contribution in [1.29, 1.82) is 0 Å². The standard InChI is InChI=1S/C9H12N2/c1-7-2-3-9(6-10-7)11-8-4-5-8/h2-3,6,8,11H,4-5H2,1H3. The van der Waals surface area contributed by atoms with E-state index in [1.165, 1.54) is 12.8 Å². The molecule has 11 heavy (non-hydrogen) atoms. The molecule has 0 aliphatic heterocycles. The number of nitrogens with one attached hydrogen (secondary N) is 1. The molecule has 2 nitrogen and oxygen atoms in total. The van der Waals surface area contributed by atoms with Crippen molar-refractivity contribution in [2.45, 2.75) is 25.8 Å². The first-order valence-electron chi connectivity index (χ1n) is 4.04. The van der Waals surface area contributed by atoms with Gasteiger partial charge < -0.3 is 5.32 Å². The van der Waals surface area contributed by atoms with Crippen LogP contribution in [0.4, 0.5) is 5.69 Å². The molecule has 0 bridgehead atoms. The van der Waals surface area contributed by atoms with Crippen LogP contribution in [0.2, 0.25) is 0 Å². The molecule has 0 aromatic carbocycles. The SMILES string of the molecule is Cc1ccc(NC2CC2)cn1. The molecule has 0 spiro atoms. The summed E-state index contributed by atoms with van der Waals surface area (Å²) in [7, 11) is 0. The lowest BCUT2D eigenvalue weighted by molar-refractivity contribution is 1.12. The van der Waals surface area contributed by atoms with Crippen LogP contribution in [0.15, 0.2) is 18.3 Å². The van der Waals surface area contributed by atoms with Gasteiger partial charge >= 0.3 is 0 Å². The highest BCUT2D eigenvalue weighted by Gasteiger charge is 2.20. The number of nitrogens with zero attached hydrogens (tertiary/aromatic N) is 1. The highest BCUT2D eigenvalue weighted by atomic mass is 15.0. The second-order valence-electron chi connectivity index (χ2n) is 3.11. The smallest absolute Gasteiger partial charge is 0.0529 e. The molecule has 58 valence electrons. The van der Waals surface area contributed by atoms with Crippen molar-refractivity contribution in [2.75, 3.05) is 5.32 Å². The zero-order valence-electron chi connectivity index (χ0n) is 6.67. The van der Waals surface area contributed by atoms with Crippen LogP contribution in [-0.4, -0.2) is 11.0 Å². The summed E-state index contributed by atoms with van der Waals surface area (Å²) in [5.74, 6) is 0. The Bertz CT molecular complexity index is 236. The van der Waals surface area contributed by atoms with E-state index in [1.54, 1.807) is 0 Å². The fraction of sp³-hybridized carbons (Fsp3) is 0.444. The number of anilines is 1. The zero-order valence-corrected chi connectivity index (χ0v) is 6.67. The highest BCUT2D eigenvalue weighted by Crippen LogP contribution is 2.23. The summed E-state index contributed by atoms with van der Waals surface area (Å²) >= 11 is 0. The Hall–Kier alpha value is -1.05. The summed E-state index contributed by atoms with van der Waals surface area (Å²) in [5, 5.41) is 3.38. The molecule has 1 saturated carbocycles. The first kappa shape index (κ1) is 6.65. The van der Waals surface area contributed by atoms with Crippen molar-refractivity contribution in [3.63, 3.8) is 0 Å². The van der Waals surface area contributed by atoms with E-state index in [-0.39, 0.29) is 0 Å². The molecule has 0 unspecified atom stereocenters. The maximum Gasteiger partial charge on any atom is 0.0529 e. The molecule has 0 saturated heterocycles. The number of rotatable bonds is 2. The Labute approximate surface area is 66.7 Å². The van der Waals surface area contributed by atoms with Crippen LogP contribution in [0.25, 0.3) is 0 Å². The fourth-order valence-corrected chi connectivity index (χ4v) is 1.02. The largest absolute Gasteiger partial charge is 0.381 e. The van der Waals surface area contributed by atoms with E-state index in [0.717, 1.165) is 17.4 Å². The molecule has 0 atom stereocenters. The van der Waals surface area contributed by atoms with Gasteiger partial charge in [-0.1, -0.05) is 0 Å². The number of hydrogen-bond donors (Lipinski definition) is 1. The van der Waals surface area contributed by atoms with Gasteiger partial charge in [-0.05, 0) is 31.9 Å². The average molecular weight is 148 g/mol. The van der Waals surface area contributed by atoms with E-state index in [9.17, 15) is 0 Å². The lowest BCUT2D eigenvalue weighted by Gasteiger charge is -2.02. The molecule has 2 rings (SSSR count). The number of hydrogen-bond acceptors (Lipinski definition) is 2. The Morgan fingerprint density at radius 2 is 2.27 bits per heavy atom. The summed E-state index contributed by atoms with van der Waals surface area (Å²) in [5.41, 5.74) is 2.23. The lowest BCUT2D eigenvalue weighted by atomic mass is 10.3. The van der Waals surface area contributed by atoms with E-state index in [2.05, 4.69) is 16.4 Å². The molecular formula is C9H12N2. The molecule has 1 aliphatic carbocycles. The first-order valence-corrected chi connectivity index (χ1v) is 4.04. The van der Waals surface area contributed by atoms with Gasteiger partial charge in [0.2, 0.25) is 0 Å². The molecule has 0 amide bonds. The molecule has 1 aromatic rings. The summed E-state index contributed by atoms with van der Waals surface area (Å²) in [6.07, 6.45) is 4.52. The number of pyridine rings is 1. The molecule has 1 aliphatic rings. The van der Waals surface area contributed by atoms with E-state index in [4.69, 9.17) is 0 Å². The molecular weight excluding hydrogens is 136 g/mol. The van der Waals surface area contributed by atoms with Crippen molar-refractivity contribution in [2.24, 2.45) is 0 Å². The third-order valence-electron chi connectivity index (χ3n) is 1.86. The minimum Gasteiger partial charge on any atom is -0.381 e. The second kappa shape index (κ2) is 2.53. The van der Waals surface area contributed by atoms with Crippen molar-refractivity contribution in [1.82, 2.24) is 4.98 Å². The molecule has 1 aromatic heterocycles. The number of aromatic nitrogens is 1. The van der Waals surface area contributed by atoms with Crippen molar-refractivity contribution in [3.05, 3.63) is 24.0 Å². The second-order valence-corrected chi connectivity index (χ2v) is 3.11. The van der Waals surface area contributed by atoms with E-state index < -0.39 is 0 Å². The quantitative estimate of drug-likeness (QED) is 0.693. The Morgan fingerprint density at radius 1 is 1.45 bits per heavy atom. The zero-order chi connectivity index (χ0) is 7.68. The van der Waals surface area contributed by atoms with E-state index in [1.807, 2.05) is 19.2 Å². The highest BCUT2D eigenvalue weighted by molar-refractivity contribution is 5.42.